The van der Waals surface area contributed by atoms with Crippen molar-refractivity contribution in [3.8, 4) is 0 Å². The normalized spacial score (nSPS) is 28.2. The average molecular weight is 159 g/mol. The highest BCUT2D eigenvalue weighted by molar-refractivity contribution is 5.80. The summed E-state index contributed by atoms with van der Waals surface area (Å²) in [4.78, 5) is 10.7. The van der Waals surface area contributed by atoms with E-state index < -0.39 is 11.5 Å². The Morgan fingerprint density at radius 2 is 2.27 bits per heavy atom. The van der Waals surface area contributed by atoms with Crippen molar-refractivity contribution < 1.29 is 14.6 Å². The summed E-state index contributed by atoms with van der Waals surface area (Å²) in [6.45, 7) is 4.05. The van der Waals surface area contributed by atoms with Gasteiger partial charge >= 0.3 is 5.97 Å². The minimum Gasteiger partial charge on any atom is -0.480 e. The molecule has 0 unspecified atom stereocenters. The minimum absolute atomic E-state index is 0.104. The number of carboxylic acid groups (broad SMARTS) is 1. The molecule has 0 saturated carbocycles. The van der Waals surface area contributed by atoms with E-state index >= 15 is 0 Å². The number of carboxylic acids is 1. The summed E-state index contributed by atoms with van der Waals surface area (Å²) in [6, 6.07) is 0. The molecule has 0 spiro atoms. The lowest BCUT2D eigenvalue weighted by Crippen LogP contribution is -2.57. The first-order valence-corrected chi connectivity index (χ1v) is 3.63. The van der Waals surface area contributed by atoms with Gasteiger partial charge in [-0.15, -0.1) is 0 Å². The number of rotatable bonds is 3. The second-order valence-corrected chi connectivity index (χ2v) is 3.21. The highest BCUT2D eigenvalue weighted by Crippen LogP contribution is 2.29. The van der Waals surface area contributed by atoms with Gasteiger partial charge in [0.1, 0.15) is 11.6 Å². The molecule has 0 aliphatic carbocycles. The molecule has 1 aliphatic heterocycles. The summed E-state index contributed by atoms with van der Waals surface area (Å²) < 4.78 is 4.89. The van der Waals surface area contributed by atoms with Gasteiger partial charge in [0.05, 0.1) is 6.61 Å². The predicted octanol–water partition coefficient (Wildman–Crippen LogP) is -0.177. The Kier molecular flexibility index (Phi) is 1.90. The fraction of sp³-hybridized carbons (Fsp3) is 0.857. The van der Waals surface area contributed by atoms with E-state index in [1.54, 1.807) is 13.8 Å². The molecule has 1 aliphatic rings. The van der Waals surface area contributed by atoms with Gasteiger partial charge in [-0.25, -0.2) is 0 Å². The second kappa shape index (κ2) is 2.46. The Labute approximate surface area is 65.3 Å². The molecule has 0 amide bonds. The molecule has 4 nitrogen and oxygen atoms in total. The molecule has 3 N–H and O–H groups in total. The zero-order chi connectivity index (χ0) is 8.65. The highest BCUT2D eigenvalue weighted by atomic mass is 16.6. The van der Waals surface area contributed by atoms with Crippen LogP contribution in [0.1, 0.15) is 13.8 Å². The molecule has 11 heavy (non-hydrogen) atoms. The van der Waals surface area contributed by atoms with E-state index in [1.165, 1.54) is 0 Å². The van der Waals surface area contributed by atoms with Gasteiger partial charge in [-0.05, 0) is 5.92 Å². The molecule has 1 fully saturated rings. The Morgan fingerprint density at radius 1 is 1.82 bits per heavy atom. The van der Waals surface area contributed by atoms with Crippen LogP contribution in [0.5, 0.6) is 0 Å². The maximum absolute atomic E-state index is 10.7. The van der Waals surface area contributed by atoms with Gasteiger partial charge < -0.3 is 15.6 Å². The van der Waals surface area contributed by atoms with Crippen molar-refractivity contribution in [3.05, 3.63) is 0 Å². The van der Waals surface area contributed by atoms with E-state index in [1.807, 2.05) is 0 Å². The molecule has 0 aromatic carbocycles. The first-order chi connectivity index (χ1) is 4.99. The van der Waals surface area contributed by atoms with Crippen molar-refractivity contribution in [3.63, 3.8) is 0 Å². The third-order valence-electron chi connectivity index (χ3n) is 2.19. The summed E-state index contributed by atoms with van der Waals surface area (Å²) in [7, 11) is 0. The molecule has 4 heteroatoms. The van der Waals surface area contributed by atoms with Crippen LogP contribution in [0.4, 0.5) is 0 Å². The molecule has 2 atom stereocenters. The van der Waals surface area contributed by atoms with Crippen molar-refractivity contribution in [2.75, 3.05) is 6.61 Å². The van der Waals surface area contributed by atoms with Crippen LogP contribution in [0, 0.1) is 5.92 Å². The van der Waals surface area contributed by atoms with Gasteiger partial charge in [0.25, 0.3) is 0 Å². The molecular weight excluding hydrogens is 146 g/mol. The summed E-state index contributed by atoms with van der Waals surface area (Å²) in [6.07, 6.45) is -0.292. The van der Waals surface area contributed by atoms with E-state index in [0.717, 1.165) is 0 Å². The topological polar surface area (TPSA) is 75.9 Å². The van der Waals surface area contributed by atoms with Gasteiger partial charge in [-0.1, -0.05) is 13.8 Å². The van der Waals surface area contributed by atoms with Gasteiger partial charge in [-0.2, -0.15) is 0 Å². The molecule has 1 heterocycles. The predicted molar refractivity (Wildman–Crippen MR) is 39.1 cm³/mol. The molecule has 1 saturated heterocycles. The summed E-state index contributed by atoms with van der Waals surface area (Å²) >= 11 is 0. The molecule has 0 aromatic heterocycles. The number of aliphatic carboxylic acids is 1. The van der Waals surface area contributed by atoms with Gasteiger partial charge in [0.15, 0.2) is 0 Å². The maximum atomic E-state index is 10.7. The molecule has 0 radical (unpaired) electrons. The summed E-state index contributed by atoms with van der Waals surface area (Å²) in [5, 5.41) is 8.81. The second-order valence-electron chi connectivity index (χ2n) is 3.21. The van der Waals surface area contributed by atoms with Crippen LogP contribution in [0.2, 0.25) is 0 Å². The fourth-order valence-electron chi connectivity index (χ4n) is 1.08. The van der Waals surface area contributed by atoms with Gasteiger partial charge in [0, 0.05) is 0 Å². The van der Waals surface area contributed by atoms with Crippen molar-refractivity contribution in [2.45, 2.75) is 25.5 Å². The number of nitrogens with two attached hydrogens (primary N) is 1. The first-order valence-electron chi connectivity index (χ1n) is 3.63. The number of ether oxygens (including phenoxy) is 1. The monoisotopic (exact) mass is 159 g/mol. The van der Waals surface area contributed by atoms with Crippen LogP contribution >= 0.6 is 0 Å². The van der Waals surface area contributed by atoms with Crippen LogP contribution in [-0.4, -0.2) is 29.3 Å². The Hall–Kier alpha value is -0.610. The third kappa shape index (κ3) is 1.23. The number of hydrogen-bond acceptors (Lipinski definition) is 3. The van der Waals surface area contributed by atoms with Crippen molar-refractivity contribution in [1.29, 1.82) is 0 Å². The smallest absolute Gasteiger partial charge is 0.326 e. The first kappa shape index (κ1) is 8.49. The van der Waals surface area contributed by atoms with Crippen LogP contribution in [-0.2, 0) is 9.53 Å². The average Bonchev–Trinajstić information content (AvgIpc) is 2.66. The quantitative estimate of drug-likeness (QED) is 0.560. The van der Waals surface area contributed by atoms with Crippen LogP contribution in [0.3, 0.4) is 0 Å². The number of epoxide rings is 1. The molecule has 0 bridgehead atoms. The third-order valence-corrected chi connectivity index (χ3v) is 2.19. The Balaban J connectivity index is 2.77. The number of hydrogen-bond donors (Lipinski definition) is 2. The molecular formula is C7H13NO3. The highest BCUT2D eigenvalue weighted by Gasteiger charge is 2.52. The molecule has 1 rings (SSSR count). The lowest BCUT2D eigenvalue weighted by molar-refractivity contribution is -0.146. The maximum Gasteiger partial charge on any atom is 0.326 e. The van der Waals surface area contributed by atoms with Crippen LogP contribution in [0.15, 0.2) is 0 Å². The Bertz CT molecular complexity index is 173. The van der Waals surface area contributed by atoms with E-state index in [-0.39, 0.29) is 12.0 Å². The largest absolute Gasteiger partial charge is 0.480 e. The summed E-state index contributed by atoms with van der Waals surface area (Å²) in [5.74, 6) is -1.08. The summed E-state index contributed by atoms with van der Waals surface area (Å²) in [5.41, 5.74) is 4.47. The van der Waals surface area contributed by atoms with Gasteiger partial charge in [-0.3, -0.25) is 4.79 Å². The van der Waals surface area contributed by atoms with Crippen molar-refractivity contribution >= 4 is 5.97 Å². The zero-order valence-electron chi connectivity index (χ0n) is 6.70. The Morgan fingerprint density at radius 3 is 2.36 bits per heavy atom. The minimum atomic E-state index is -1.19. The zero-order valence-corrected chi connectivity index (χ0v) is 6.70. The van der Waals surface area contributed by atoms with Crippen molar-refractivity contribution in [2.24, 2.45) is 11.7 Å². The molecule has 0 aromatic rings. The standard InChI is InChI=1S/C7H13NO3/c1-4(2)7(8,6(9)10)5-3-11-5/h4-5H,3,8H2,1-2H3,(H,9,10)/t5-,7-/m0/s1. The van der Waals surface area contributed by atoms with Crippen LogP contribution in [0.25, 0.3) is 0 Å². The van der Waals surface area contributed by atoms with Gasteiger partial charge in [0.2, 0.25) is 0 Å². The van der Waals surface area contributed by atoms with E-state index in [9.17, 15) is 4.79 Å². The van der Waals surface area contributed by atoms with Crippen molar-refractivity contribution in [1.82, 2.24) is 0 Å². The van der Waals surface area contributed by atoms with Crippen LogP contribution < -0.4 is 5.73 Å². The van der Waals surface area contributed by atoms with E-state index in [2.05, 4.69) is 0 Å². The van der Waals surface area contributed by atoms with E-state index in [4.69, 9.17) is 15.6 Å². The fourth-order valence-corrected chi connectivity index (χ4v) is 1.08. The lowest BCUT2D eigenvalue weighted by atomic mass is 9.84. The SMILES string of the molecule is CC(C)[C@@](N)(C(=O)O)[C@@H]1CO1. The lowest BCUT2D eigenvalue weighted by Gasteiger charge is -2.26. The number of carbonyl (C=O) groups is 1. The molecule has 64 valence electrons. The van der Waals surface area contributed by atoms with E-state index in [0.29, 0.717) is 6.61 Å².